The van der Waals surface area contributed by atoms with E-state index in [9.17, 15) is 4.79 Å². The van der Waals surface area contributed by atoms with Crippen molar-refractivity contribution in [2.75, 3.05) is 19.7 Å². The topological polar surface area (TPSA) is 67.6 Å². The molecule has 138 valence electrons. The van der Waals surface area contributed by atoms with Gasteiger partial charge in [0.2, 0.25) is 5.76 Å². The molecule has 2 saturated heterocycles. The van der Waals surface area contributed by atoms with Gasteiger partial charge >= 0.3 is 0 Å². The molecule has 3 heterocycles. The number of nitrogens with zero attached hydrogens (tertiary/aromatic N) is 2. The molecule has 0 unspecified atom stereocenters. The number of rotatable bonds is 4. The largest absolute Gasteiger partial charge is 0.375 e. The molecule has 26 heavy (non-hydrogen) atoms. The molecule has 0 radical (unpaired) electrons. The molecule has 1 amide bonds. The van der Waals surface area contributed by atoms with Crippen LogP contribution >= 0.6 is 0 Å². The molecular weight excluding hydrogens is 330 g/mol. The van der Waals surface area contributed by atoms with Gasteiger partial charge in [-0.15, -0.1) is 0 Å². The Morgan fingerprint density at radius 1 is 1.27 bits per heavy atom. The number of aromatic nitrogens is 1. The molecule has 3 atom stereocenters. The van der Waals surface area contributed by atoms with E-state index in [-0.39, 0.29) is 23.8 Å². The molecule has 0 saturated carbocycles. The van der Waals surface area contributed by atoms with Gasteiger partial charge in [-0.3, -0.25) is 9.69 Å². The highest BCUT2D eigenvalue weighted by Crippen LogP contribution is 2.26. The zero-order valence-corrected chi connectivity index (χ0v) is 15.2. The van der Waals surface area contributed by atoms with Crippen molar-refractivity contribution < 1.29 is 14.1 Å². The number of carbonyl (C=O) groups excluding carboxylic acids is 1. The summed E-state index contributed by atoms with van der Waals surface area (Å²) in [6.45, 7) is 6.93. The maximum Gasteiger partial charge on any atom is 0.290 e. The lowest BCUT2D eigenvalue weighted by atomic mass is 10.0. The lowest BCUT2D eigenvalue weighted by Gasteiger charge is -2.36. The minimum Gasteiger partial charge on any atom is -0.375 e. The summed E-state index contributed by atoms with van der Waals surface area (Å²) in [5.74, 6) is 0.561. The van der Waals surface area contributed by atoms with Crippen LogP contribution in [0.4, 0.5) is 0 Å². The van der Waals surface area contributed by atoms with Crippen molar-refractivity contribution in [3.8, 4) is 11.3 Å². The number of benzene rings is 1. The third-order valence-electron chi connectivity index (χ3n) is 5.33. The van der Waals surface area contributed by atoms with Crippen molar-refractivity contribution in [1.29, 1.82) is 0 Å². The van der Waals surface area contributed by atoms with E-state index in [1.54, 1.807) is 6.07 Å². The highest BCUT2D eigenvalue weighted by molar-refractivity contribution is 5.92. The zero-order valence-electron chi connectivity index (χ0n) is 15.2. The Balaban J connectivity index is 1.37. The van der Waals surface area contributed by atoms with E-state index >= 15 is 0 Å². The Bertz CT molecular complexity index is 759. The van der Waals surface area contributed by atoms with Crippen molar-refractivity contribution in [1.82, 2.24) is 15.4 Å². The van der Waals surface area contributed by atoms with Crippen molar-refractivity contribution >= 4 is 5.91 Å². The summed E-state index contributed by atoms with van der Waals surface area (Å²) in [6, 6.07) is 11.9. The summed E-state index contributed by atoms with van der Waals surface area (Å²) in [7, 11) is 0. The average molecular weight is 355 g/mol. The van der Waals surface area contributed by atoms with Crippen LogP contribution in [-0.4, -0.2) is 53.8 Å². The van der Waals surface area contributed by atoms with Crippen LogP contribution in [0.25, 0.3) is 11.3 Å². The highest BCUT2D eigenvalue weighted by Gasteiger charge is 2.38. The molecule has 0 spiro atoms. The van der Waals surface area contributed by atoms with Crippen LogP contribution in [-0.2, 0) is 4.74 Å². The van der Waals surface area contributed by atoms with Crippen LogP contribution < -0.4 is 5.32 Å². The third-order valence-corrected chi connectivity index (χ3v) is 5.33. The molecule has 2 aromatic rings. The Hall–Kier alpha value is -2.18. The van der Waals surface area contributed by atoms with Crippen LogP contribution in [0.5, 0.6) is 0 Å². The Morgan fingerprint density at radius 3 is 2.85 bits per heavy atom. The first-order chi connectivity index (χ1) is 12.6. The quantitative estimate of drug-likeness (QED) is 0.913. The molecule has 2 aliphatic rings. The number of nitrogens with one attached hydrogen (secondary N) is 1. The van der Waals surface area contributed by atoms with E-state index in [0.717, 1.165) is 31.7 Å². The minimum atomic E-state index is -0.203. The number of fused-ring (bicyclic) bond motifs is 1. The van der Waals surface area contributed by atoms with Gasteiger partial charge in [-0.1, -0.05) is 49.3 Å². The highest BCUT2D eigenvalue weighted by atomic mass is 16.5. The normalized spacial score (nSPS) is 26.0. The molecule has 4 rings (SSSR count). The van der Waals surface area contributed by atoms with Gasteiger partial charge in [0, 0.05) is 36.8 Å². The Morgan fingerprint density at radius 2 is 2.08 bits per heavy atom. The number of hydrogen-bond donors (Lipinski definition) is 1. The minimum absolute atomic E-state index is 0.118. The summed E-state index contributed by atoms with van der Waals surface area (Å²) in [4.78, 5) is 15.0. The second-order valence-corrected chi connectivity index (χ2v) is 7.57. The van der Waals surface area contributed by atoms with Crippen molar-refractivity contribution in [2.45, 2.75) is 38.5 Å². The number of amides is 1. The lowest BCUT2D eigenvalue weighted by Crippen LogP contribution is -2.48. The number of ether oxygens (including phenoxy) is 1. The molecule has 1 aromatic carbocycles. The molecule has 6 heteroatoms. The average Bonchev–Trinajstić information content (AvgIpc) is 3.28. The van der Waals surface area contributed by atoms with Crippen LogP contribution in [0, 0.1) is 5.92 Å². The zero-order chi connectivity index (χ0) is 18.1. The summed E-state index contributed by atoms with van der Waals surface area (Å²) in [5, 5.41) is 7.11. The molecule has 1 aromatic heterocycles. The predicted octanol–water partition coefficient (Wildman–Crippen LogP) is 2.57. The lowest BCUT2D eigenvalue weighted by molar-refractivity contribution is -0.0683. The molecule has 2 aliphatic heterocycles. The van der Waals surface area contributed by atoms with E-state index in [1.807, 2.05) is 30.3 Å². The van der Waals surface area contributed by atoms with Crippen LogP contribution in [0.1, 0.15) is 30.8 Å². The fourth-order valence-corrected chi connectivity index (χ4v) is 3.79. The second-order valence-electron chi connectivity index (χ2n) is 7.57. The maximum atomic E-state index is 12.5. The SMILES string of the molecule is CC(C)[C@H]1CN2C[C@H](NC(=O)c3cc(-c4ccccc4)no3)C[C@H]2CO1. The van der Waals surface area contributed by atoms with E-state index in [2.05, 4.69) is 29.2 Å². The van der Waals surface area contributed by atoms with Gasteiger partial charge < -0.3 is 14.6 Å². The van der Waals surface area contributed by atoms with Crippen molar-refractivity contribution in [3.05, 3.63) is 42.2 Å². The van der Waals surface area contributed by atoms with Crippen molar-refractivity contribution in [2.24, 2.45) is 5.92 Å². The summed E-state index contributed by atoms with van der Waals surface area (Å²) in [5.41, 5.74) is 1.61. The van der Waals surface area contributed by atoms with Gasteiger partial charge in [-0.25, -0.2) is 0 Å². The first kappa shape index (κ1) is 17.2. The number of hydrogen-bond acceptors (Lipinski definition) is 5. The van der Waals surface area contributed by atoms with Crippen LogP contribution in [0.2, 0.25) is 0 Å². The Kier molecular flexibility index (Phi) is 4.78. The number of morpholine rings is 1. The van der Waals surface area contributed by atoms with Crippen LogP contribution in [0.3, 0.4) is 0 Å². The second kappa shape index (κ2) is 7.21. The summed E-state index contributed by atoms with van der Waals surface area (Å²) >= 11 is 0. The summed E-state index contributed by atoms with van der Waals surface area (Å²) in [6.07, 6.45) is 1.19. The van der Waals surface area contributed by atoms with E-state index in [4.69, 9.17) is 9.26 Å². The first-order valence-electron chi connectivity index (χ1n) is 9.29. The van der Waals surface area contributed by atoms with Crippen LogP contribution in [0.15, 0.2) is 40.9 Å². The van der Waals surface area contributed by atoms with Gasteiger partial charge in [0.1, 0.15) is 5.69 Å². The molecule has 6 nitrogen and oxygen atoms in total. The first-order valence-corrected chi connectivity index (χ1v) is 9.29. The van der Waals surface area contributed by atoms with E-state index < -0.39 is 0 Å². The van der Waals surface area contributed by atoms with Crippen molar-refractivity contribution in [3.63, 3.8) is 0 Å². The molecule has 1 N–H and O–H groups in total. The number of carbonyl (C=O) groups is 1. The fraction of sp³-hybridized carbons (Fsp3) is 0.500. The van der Waals surface area contributed by atoms with E-state index in [1.165, 1.54) is 0 Å². The predicted molar refractivity (Wildman–Crippen MR) is 97.7 cm³/mol. The van der Waals surface area contributed by atoms with Gasteiger partial charge in [0.15, 0.2) is 0 Å². The third kappa shape index (κ3) is 3.52. The van der Waals surface area contributed by atoms with Gasteiger partial charge in [0.05, 0.1) is 12.7 Å². The Labute approximate surface area is 153 Å². The molecule has 0 aliphatic carbocycles. The fourth-order valence-electron chi connectivity index (χ4n) is 3.79. The molecular formula is C20H25N3O3. The van der Waals surface area contributed by atoms with Gasteiger partial charge in [-0.2, -0.15) is 0 Å². The molecule has 0 bridgehead atoms. The van der Waals surface area contributed by atoms with Gasteiger partial charge in [-0.05, 0) is 12.3 Å². The summed E-state index contributed by atoms with van der Waals surface area (Å²) < 4.78 is 11.2. The standard InChI is InChI=1S/C20H25N3O3/c1-13(2)19-11-23-10-15(8-16(23)12-25-19)21-20(24)18-9-17(22-26-18)14-6-4-3-5-7-14/h3-7,9,13,15-16,19H,8,10-12H2,1-2H3,(H,21,24)/t15-,16+,19-/m1/s1. The monoisotopic (exact) mass is 355 g/mol. The van der Waals surface area contributed by atoms with E-state index in [0.29, 0.717) is 17.7 Å². The molecule has 2 fully saturated rings. The van der Waals surface area contributed by atoms with Gasteiger partial charge in [0.25, 0.3) is 5.91 Å². The maximum absolute atomic E-state index is 12.5. The smallest absolute Gasteiger partial charge is 0.290 e.